The number of anilines is 1. The molecule has 2 nitrogen and oxygen atoms in total. The zero-order valence-corrected chi connectivity index (χ0v) is 16.1. The van der Waals surface area contributed by atoms with Crippen LogP contribution in [-0.2, 0) is 4.79 Å². The highest BCUT2D eigenvalue weighted by Gasteiger charge is 2.33. The highest BCUT2D eigenvalue weighted by atomic mass is 79.9. The maximum atomic E-state index is 12.7. The number of amides is 1. The van der Waals surface area contributed by atoms with Crippen molar-refractivity contribution in [1.29, 1.82) is 0 Å². The SMILES string of the molecule is CC(=C/c1ccccc1)/C=C1/SC(=S)N(c2ccc(Br)cc2)C1=O. The molecule has 1 fully saturated rings. The summed E-state index contributed by atoms with van der Waals surface area (Å²) in [6, 6.07) is 17.6. The van der Waals surface area contributed by atoms with E-state index < -0.39 is 0 Å². The summed E-state index contributed by atoms with van der Waals surface area (Å²) < 4.78 is 1.52. The Morgan fingerprint density at radius 3 is 2.46 bits per heavy atom. The minimum atomic E-state index is -0.0758. The Labute approximate surface area is 159 Å². The molecule has 0 spiro atoms. The number of carbonyl (C=O) groups is 1. The van der Waals surface area contributed by atoms with Gasteiger partial charge in [-0.25, -0.2) is 0 Å². The van der Waals surface area contributed by atoms with Gasteiger partial charge in [0.25, 0.3) is 5.91 Å². The Morgan fingerprint density at radius 2 is 1.79 bits per heavy atom. The summed E-state index contributed by atoms with van der Waals surface area (Å²) in [6.45, 7) is 1.99. The lowest BCUT2D eigenvalue weighted by atomic mass is 10.1. The number of nitrogens with zero attached hydrogens (tertiary/aromatic N) is 1. The van der Waals surface area contributed by atoms with Crippen molar-refractivity contribution in [2.75, 3.05) is 4.90 Å². The van der Waals surface area contributed by atoms with Crippen LogP contribution >= 0.6 is 39.9 Å². The zero-order valence-electron chi connectivity index (χ0n) is 12.9. The molecule has 0 radical (unpaired) electrons. The smallest absolute Gasteiger partial charge is 0.268 e. The number of hydrogen-bond acceptors (Lipinski definition) is 3. The Hall–Kier alpha value is -1.69. The molecule has 1 aliphatic heterocycles. The first-order valence-corrected chi connectivity index (χ1v) is 9.33. The van der Waals surface area contributed by atoms with E-state index in [0.29, 0.717) is 9.23 Å². The van der Waals surface area contributed by atoms with Gasteiger partial charge < -0.3 is 0 Å². The Morgan fingerprint density at radius 1 is 1.12 bits per heavy atom. The minimum Gasteiger partial charge on any atom is -0.268 e. The van der Waals surface area contributed by atoms with Crippen LogP contribution in [0.3, 0.4) is 0 Å². The summed E-state index contributed by atoms with van der Waals surface area (Å²) in [5.74, 6) is -0.0758. The quantitative estimate of drug-likeness (QED) is 0.466. The maximum Gasteiger partial charge on any atom is 0.270 e. The van der Waals surface area contributed by atoms with Gasteiger partial charge in [0, 0.05) is 4.47 Å². The first kappa shape index (κ1) is 17.1. The van der Waals surface area contributed by atoms with Crippen LogP contribution in [0.25, 0.3) is 6.08 Å². The summed E-state index contributed by atoms with van der Waals surface area (Å²) in [5.41, 5.74) is 2.90. The Bertz CT molecular complexity index is 841. The summed E-state index contributed by atoms with van der Waals surface area (Å²) in [7, 11) is 0. The molecule has 120 valence electrons. The number of allylic oxidation sites excluding steroid dienone is 2. The molecule has 0 bridgehead atoms. The van der Waals surface area contributed by atoms with E-state index >= 15 is 0 Å². The van der Waals surface area contributed by atoms with Crippen LogP contribution in [-0.4, -0.2) is 10.2 Å². The van der Waals surface area contributed by atoms with Gasteiger partial charge in [-0.15, -0.1) is 0 Å². The molecule has 0 saturated carbocycles. The molecule has 1 amide bonds. The molecule has 24 heavy (non-hydrogen) atoms. The maximum absolute atomic E-state index is 12.7. The van der Waals surface area contributed by atoms with E-state index in [1.807, 2.05) is 73.7 Å². The first-order valence-electron chi connectivity index (χ1n) is 7.31. The number of halogens is 1. The van der Waals surface area contributed by atoms with Gasteiger partial charge in [0.1, 0.15) is 0 Å². The standard InChI is InChI=1S/C19H14BrNOS2/c1-13(11-14-5-3-2-4-6-14)12-17-18(22)21(19(23)24-17)16-9-7-15(20)8-10-16/h2-12H,1H3/b13-11-,17-12+. The van der Waals surface area contributed by atoms with Crippen LogP contribution in [0.4, 0.5) is 5.69 Å². The van der Waals surface area contributed by atoms with E-state index in [4.69, 9.17) is 12.2 Å². The van der Waals surface area contributed by atoms with E-state index in [2.05, 4.69) is 15.9 Å². The van der Waals surface area contributed by atoms with E-state index in [1.165, 1.54) is 11.8 Å². The number of rotatable bonds is 3. The number of thioether (sulfide) groups is 1. The fourth-order valence-corrected chi connectivity index (χ4v) is 3.95. The minimum absolute atomic E-state index is 0.0758. The second kappa shape index (κ2) is 7.47. The predicted molar refractivity (Wildman–Crippen MR) is 110 cm³/mol. The third kappa shape index (κ3) is 3.86. The molecule has 1 saturated heterocycles. The van der Waals surface area contributed by atoms with E-state index in [9.17, 15) is 4.79 Å². The lowest BCUT2D eigenvalue weighted by molar-refractivity contribution is -0.113. The van der Waals surface area contributed by atoms with Crippen molar-refractivity contribution in [3.8, 4) is 0 Å². The molecule has 2 aromatic rings. The van der Waals surface area contributed by atoms with Gasteiger partial charge in [-0.2, -0.15) is 0 Å². The summed E-state index contributed by atoms with van der Waals surface area (Å²) in [6.07, 6.45) is 3.94. The van der Waals surface area contributed by atoms with Crippen LogP contribution in [0.5, 0.6) is 0 Å². The molecule has 3 rings (SSSR count). The molecular weight excluding hydrogens is 402 g/mol. The van der Waals surface area contributed by atoms with E-state index in [-0.39, 0.29) is 5.91 Å². The zero-order chi connectivity index (χ0) is 17.1. The predicted octanol–water partition coefficient (Wildman–Crippen LogP) is 5.80. The van der Waals surface area contributed by atoms with Gasteiger partial charge in [0.2, 0.25) is 0 Å². The number of benzene rings is 2. The lowest BCUT2D eigenvalue weighted by Crippen LogP contribution is -2.27. The van der Waals surface area contributed by atoms with Crippen LogP contribution in [0.1, 0.15) is 12.5 Å². The van der Waals surface area contributed by atoms with Crippen molar-refractivity contribution < 1.29 is 4.79 Å². The molecular formula is C19H14BrNOS2. The second-order valence-corrected chi connectivity index (χ2v) is 7.88. The molecule has 0 N–H and O–H groups in total. The molecule has 5 heteroatoms. The Kier molecular flexibility index (Phi) is 5.33. The summed E-state index contributed by atoms with van der Waals surface area (Å²) >= 11 is 10.1. The van der Waals surface area contributed by atoms with Crippen molar-refractivity contribution in [3.63, 3.8) is 0 Å². The highest BCUT2D eigenvalue weighted by Crippen LogP contribution is 2.36. The number of hydrogen-bond donors (Lipinski definition) is 0. The van der Waals surface area contributed by atoms with Gasteiger partial charge >= 0.3 is 0 Å². The van der Waals surface area contributed by atoms with Gasteiger partial charge in [-0.3, -0.25) is 9.69 Å². The third-order valence-corrected chi connectivity index (χ3v) is 5.26. The van der Waals surface area contributed by atoms with Crippen molar-refractivity contribution in [2.24, 2.45) is 0 Å². The summed E-state index contributed by atoms with van der Waals surface area (Å²) in [4.78, 5) is 14.9. The third-order valence-electron chi connectivity index (χ3n) is 3.43. The van der Waals surface area contributed by atoms with Gasteiger partial charge in [0.15, 0.2) is 4.32 Å². The molecule has 1 aliphatic rings. The van der Waals surface area contributed by atoms with E-state index in [1.54, 1.807) is 4.90 Å². The summed E-state index contributed by atoms with van der Waals surface area (Å²) in [5, 5.41) is 0. The van der Waals surface area contributed by atoms with Crippen molar-refractivity contribution in [2.45, 2.75) is 6.92 Å². The number of carbonyl (C=O) groups excluding carboxylic acids is 1. The second-order valence-electron chi connectivity index (χ2n) is 5.29. The molecule has 0 aliphatic carbocycles. The van der Waals surface area contributed by atoms with Crippen molar-refractivity contribution in [3.05, 3.63) is 81.2 Å². The fourth-order valence-electron chi connectivity index (χ4n) is 2.34. The lowest BCUT2D eigenvalue weighted by Gasteiger charge is -2.14. The van der Waals surface area contributed by atoms with Crippen molar-refractivity contribution in [1.82, 2.24) is 0 Å². The molecule has 2 aromatic carbocycles. The van der Waals surface area contributed by atoms with Crippen LogP contribution in [0.2, 0.25) is 0 Å². The van der Waals surface area contributed by atoms with Crippen molar-refractivity contribution >= 4 is 61.9 Å². The molecule has 0 unspecified atom stereocenters. The van der Waals surface area contributed by atoms with Crippen LogP contribution in [0.15, 0.2) is 75.6 Å². The normalized spacial score (nSPS) is 17.0. The number of thiocarbonyl (C=S) groups is 1. The first-order chi connectivity index (χ1) is 11.5. The van der Waals surface area contributed by atoms with Gasteiger partial charge in [0.05, 0.1) is 10.6 Å². The largest absolute Gasteiger partial charge is 0.270 e. The van der Waals surface area contributed by atoms with Crippen LogP contribution in [0, 0.1) is 0 Å². The average molecular weight is 416 g/mol. The van der Waals surface area contributed by atoms with Crippen LogP contribution < -0.4 is 4.90 Å². The molecule has 0 aromatic heterocycles. The van der Waals surface area contributed by atoms with Gasteiger partial charge in [-0.1, -0.05) is 76.3 Å². The Balaban J connectivity index is 1.85. The fraction of sp³-hybridized carbons (Fsp3) is 0.0526. The van der Waals surface area contributed by atoms with Gasteiger partial charge in [-0.05, 0) is 48.4 Å². The average Bonchev–Trinajstić information content (AvgIpc) is 2.83. The van der Waals surface area contributed by atoms with E-state index in [0.717, 1.165) is 21.3 Å². The monoisotopic (exact) mass is 415 g/mol. The molecule has 0 atom stereocenters. The highest BCUT2D eigenvalue weighted by molar-refractivity contribution is 9.10. The molecule has 1 heterocycles. The topological polar surface area (TPSA) is 20.3 Å².